The maximum absolute atomic E-state index is 11.8. The second-order valence-electron chi connectivity index (χ2n) is 3.91. The minimum Gasteiger partial charge on any atom is -0.290 e. The summed E-state index contributed by atoms with van der Waals surface area (Å²) < 4.78 is 1.66. The van der Waals surface area contributed by atoms with Crippen LogP contribution in [0.2, 0.25) is 0 Å². The fourth-order valence-electron chi connectivity index (χ4n) is 1.62. The van der Waals surface area contributed by atoms with Gasteiger partial charge in [0, 0.05) is 12.6 Å². The maximum Gasteiger partial charge on any atom is 0.269 e. The smallest absolute Gasteiger partial charge is 0.269 e. The van der Waals surface area contributed by atoms with Gasteiger partial charge in [-0.05, 0) is 28.3 Å². The number of tetrazole rings is 1. The summed E-state index contributed by atoms with van der Waals surface area (Å²) in [7, 11) is 0. The summed E-state index contributed by atoms with van der Waals surface area (Å²) in [6, 6.07) is 3.82. The molecule has 0 fully saturated rings. The van der Waals surface area contributed by atoms with Gasteiger partial charge in [0.25, 0.3) is 5.78 Å². The minimum atomic E-state index is -0.761. The summed E-state index contributed by atoms with van der Waals surface area (Å²) in [4.78, 5) is 23.5. The number of hydrogen-bond donors (Lipinski definition) is 1. The van der Waals surface area contributed by atoms with Crippen LogP contribution < -0.4 is 0 Å². The number of H-pyrrole nitrogens is 1. The Balaban J connectivity index is 1.72. The second-order valence-corrected chi connectivity index (χ2v) is 4.84. The molecule has 3 rings (SSSR count). The van der Waals surface area contributed by atoms with Crippen LogP contribution in [0.4, 0.5) is 0 Å². The molecular weight excluding hydrogens is 280 g/mol. The summed E-state index contributed by atoms with van der Waals surface area (Å²) >= 11 is 1.53. The van der Waals surface area contributed by atoms with Crippen LogP contribution in [0.25, 0.3) is 5.00 Å². The van der Waals surface area contributed by atoms with Crippen molar-refractivity contribution in [3.05, 3.63) is 41.3 Å². The highest BCUT2D eigenvalue weighted by atomic mass is 32.1. The van der Waals surface area contributed by atoms with Gasteiger partial charge in [-0.3, -0.25) is 9.59 Å². The van der Waals surface area contributed by atoms with E-state index in [1.54, 1.807) is 17.1 Å². The number of aromatic nitrogens is 6. The molecule has 0 aliphatic carbocycles. The molecule has 0 radical (unpaired) electrons. The van der Waals surface area contributed by atoms with Gasteiger partial charge in [-0.1, -0.05) is 0 Å². The third-order valence-electron chi connectivity index (χ3n) is 2.53. The van der Waals surface area contributed by atoms with Gasteiger partial charge in [0.2, 0.25) is 11.6 Å². The van der Waals surface area contributed by atoms with Gasteiger partial charge in [-0.2, -0.15) is 10.3 Å². The van der Waals surface area contributed by atoms with Crippen LogP contribution in [-0.4, -0.2) is 42.0 Å². The van der Waals surface area contributed by atoms with Gasteiger partial charge in [-0.25, -0.2) is 4.68 Å². The molecule has 0 aliphatic heterocycles. The molecule has 0 saturated carbocycles. The zero-order chi connectivity index (χ0) is 13.9. The van der Waals surface area contributed by atoms with Crippen molar-refractivity contribution in [2.24, 2.45) is 0 Å². The number of carbonyl (C=O) groups excluding carboxylic acids is 2. The fraction of sp³-hybridized carbons (Fsp3) is 0.0909. The molecule has 3 aromatic rings. The molecule has 0 aromatic carbocycles. The number of hydrogen-bond acceptors (Lipinski definition) is 7. The van der Waals surface area contributed by atoms with Gasteiger partial charge in [0.1, 0.15) is 5.00 Å². The van der Waals surface area contributed by atoms with E-state index in [-0.39, 0.29) is 12.2 Å². The number of aromatic amines is 1. The topological polar surface area (TPSA) is 106 Å². The Labute approximate surface area is 116 Å². The third kappa shape index (κ3) is 2.38. The molecule has 0 atom stereocenters. The van der Waals surface area contributed by atoms with E-state index in [4.69, 9.17) is 0 Å². The first-order valence-electron chi connectivity index (χ1n) is 5.62. The first-order chi connectivity index (χ1) is 9.74. The van der Waals surface area contributed by atoms with Crippen LogP contribution in [0, 0.1) is 0 Å². The number of rotatable bonds is 5. The lowest BCUT2D eigenvalue weighted by Crippen LogP contribution is -2.18. The molecule has 20 heavy (non-hydrogen) atoms. The highest BCUT2D eigenvalue weighted by Crippen LogP contribution is 2.14. The van der Waals surface area contributed by atoms with Crippen molar-refractivity contribution in [1.82, 2.24) is 30.4 Å². The summed E-state index contributed by atoms with van der Waals surface area (Å²) in [5.74, 6) is -1.58. The van der Waals surface area contributed by atoms with Gasteiger partial charge < -0.3 is 0 Å². The Bertz CT molecular complexity index is 731. The number of nitrogens with zero attached hydrogens (tertiary/aromatic N) is 5. The normalized spacial score (nSPS) is 10.6. The number of nitrogens with one attached hydrogen (secondary N) is 1. The third-order valence-corrected chi connectivity index (χ3v) is 3.39. The Morgan fingerprint density at radius 1 is 1.40 bits per heavy atom. The Morgan fingerprint density at radius 3 is 3.00 bits per heavy atom. The van der Waals surface area contributed by atoms with Gasteiger partial charge in [0.15, 0.2) is 0 Å². The van der Waals surface area contributed by atoms with Crippen LogP contribution >= 0.6 is 11.3 Å². The average Bonchev–Trinajstić information content (AvgIpc) is 3.19. The molecule has 0 aliphatic rings. The van der Waals surface area contributed by atoms with E-state index in [2.05, 4.69) is 25.7 Å². The van der Waals surface area contributed by atoms with Gasteiger partial charge >= 0.3 is 0 Å². The highest BCUT2D eigenvalue weighted by molar-refractivity contribution is 7.12. The van der Waals surface area contributed by atoms with Crippen molar-refractivity contribution in [1.29, 1.82) is 0 Å². The lowest BCUT2D eigenvalue weighted by atomic mass is 10.1. The zero-order valence-electron chi connectivity index (χ0n) is 10.1. The van der Waals surface area contributed by atoms with Gasteiger partial charge in [0.05, 0.1) is 6.20 Å². The van der Waals surface area contributed by atoms with Crippen molar-refractivity contribution < 1.29 is 9.59 Å². The SMILES string of the molecule is O=C(Cc1cnn(-c2cccs2)c1)C(=O)c1nn[nH]n1. The summed E-state index contributed by atoms with van der Waals surface area (Å²) in [5.41, 5.74) is 0.653. The zero-order valence-corrected chi connectivity index (χ0v) is 10.9. The van der Waals surface area contributed by atoms with E-state index in [9.17, 15) is 9.59 Å². The molecule has 0 amide bonds. The van der Waals surface area contributed by atoms with E-state index in [0.29, 0.717) is 5.56 Å². The fourth-order valence-corrected chi connectivity index (χ4v) is 2.28. The minimum absolute atomic E-state index is 0.0429. The van der Waals surface area contributed by atoms with E-state index < -0.39 is 11.6 Å². The number of Topliss-reactive ketones (excluding diaryl/α,β-unsaturated/α-hetero) is 2. The largest absolute Gasteiger partial charge is 0.290 e. The highest BCUT2D eigenvalue weighted by Gasteiger charge is 2.21. The summed E-state index contributed by atoms with van der Waals surface area (Å²) in [6.07, 6.45) is 3.23. The summed E-state index contributed by atoms with van der Waals surface area (Å²) in [5, 5.41) is 19.4. The number of carbonyl (C=O) groups is 2. The lowest BCUT2D eigenvalue weighted by Gasteiger charge is -1.95. The van der Waals surface area contributed by atoms with Crippen LogP contribution in [0.1, 0.15) is 16.2 Å². The van der Waals surface area contributed by atoms with E-state index in [1.165, 1.54) is 11.3 Å². The van der Waals surface area contributed by atoms with Crippen molar-refractivity contribution in [3.8, 4) is 5.00 Å². The number of thiophene rings is 1. The number of ketones is 2. The van der Waals surface area contributed by atoms with Crippen molar-refractivity contribution >= 4 is 22.9 Å². The average molecular weight is 288 g/mol. The second kappa shape index (κ2) is 5.13. The first-order valence-corrected chi connectivity index (χ1v) is 6.50. The van der Waals surface area contributed by atoms with Gasteiger partial charge in [-0.15, -0.1) is 21.5 Å². The maximum atomic E-state index is 11.8. The molecule has 0 unspecified atom stereocenters. The summed E-state index contributed by atoms with van der Waals surface area (Å²) in [6.45, 7) is 0. The molecular formula is C11H8N6O2S. The molecule has 0 bridgehead atoms. The molecule has 0 saturated heterocycles. The first kappa shape index (κ1) is 12.4. The van der Waals surface area contributed by atoms with E-state index in [1.807, 2.05) is 17.5 Å². The molecule has 8 nitrogen and oxygen atoms in total. The van der Waals surface area contributed by atoms with E-state index in [0.717, 1.165) is 5.00 Å². The lowest BCUT2D eigenvalue weighted by molar-refractivity contribution is -0.114. The van der Waals surface area contributed by atoms with Crippen LogP contribution in [0.5, 0.6) is 0 Å². The van der Waals surface area contributed by atoms with Crippen LogP contribution in [0.3, 0.4) is 0 Å². The Kier molecular flexibility index (Phi) is 3.17. The van der Waals surface area contributed by atoms with Crippen LogP contribution in [0.15, 0.2) is 29.9 Å². The van der Waals surface area contributed by atoms with E-state index >= 15 is 0 Å². The molecule has 9 heteroatoms. The van der Waals surface area contributed by atoms with Crippen molar-refractivity contribution in [2.45, 2.75) is 6.42 Å². The molecule has 100 valence electrons. The monoisotopic (exact) mass is 288 g/mol. The molecule has 3 heterocycles. The molecule has 3 aromatic heterocycles. The predicted octanol–water partition coefficient (Wildman–Crippen LogP) is 0.441. The van der Waals surface area contributed by atoms with Crippen LogP contribution in [-0.2, 0) is 11.2 Å². The Morgan fingerprint density at radius 2 is 2.30 bits per heavy atom. The Hall–Kier alpha value is -2.68. The molecule has 0 spiro atoms. The molecule has 1 N–H and O–H groups in total. The quantitative estimate of drug-likeness (QED) is 0.539. The standard InChI is InChI=1S/C11H8N6O2S/c18-8(10(19)11-13-15-16-14-11)4-7-5-12-17(6-7)9-2-1-3-20-9/h1-3,5-6H,4H2,(H,13,14,15,16). The predicted molar refractivity (Wildman–Crippen MR) is 68.7 cm³/mol. The van der Waals surface area contributed by atoms with Crippen molar-refractivity contribution in [3.63, 3.8) is 0 Å². The van der Waals surface area contributed by atoms with Crippen molar-refractivity contribution in [2.75, 3.05) is 0 Å².